The van der Waals surface area contributed by atoms with E-state index in [0.29, 0.717) is 23.5 Å². The molecule has 1 N–H and O–H groups in total. The van der Waals surface area contributed by atoms with Gasteiger partial charge in [0.2, 0.25) is 5.91 Å². The molecule has 0 aliphatic rings. The minimum Gasteiger partial charge on any atom is -0.467 e. The number of amides is 1. The smallest absolute Gasteiger partial charge is 0.336 e. The molecule has 2 heterocycles. The number of fused-ring (bicyclic) bond motifs is 1. The standard InChI is InChI=1S/C17H15NO4/c1-11-4-5-14-12(9-17(20)22-15(14)7-11)8-16(19)18-10-13-3-2-6-21-13/h2-7,9H,8,10H2,1H3,(H,18,19). The number of aryl methyl sites for hydroxylation is 1. The normalized spacial score (nSPS) is 10.8. The van der Waals surface area contributed by atoms with Gasteiger partial charge in [0.25, 0.3) is 0 Å². The third-order valence-electron chi connectivity index (χ3n) is 3.38. The van der Waals surface area contributed by atoms with Gasteiger partial charge in [-0.2, -0.15) is 0 Å². The van der Waals surface area contributed by atoms with Crippen LogP contribution in [0, 0.1) is 6.92 Å². The molecule has 22 heavy (non-hydrogen) atoms. The molecule has 0 saturated heterocycles. The third kappa shape index (κ3) is 3.09. The molecular formula is C17H15NO4. The summed E-state index contributed by atoms with van der Waals surface area (Å²) < 4.78 is 10.3. The zero-order valence-electron chi connectivity index (χ0n) is 12.1. The van der Waals surface area contributed by atoms with Gasteiger partial charge in [-0.25, -0.2) is 4.79 Å². The lowest BCUT2D eigenvalue weighted by atomic mass is 10.1. The molecule has 1 aromatic carbocycles. The molecule has 3 rings (SSSR count). The summed E-state index contributed by atoms with van der Waals surface area (Å²) in [5.74, 6) is 0.505. The van der Waals surface area contributed by atoms with Gasteiger partial charge < -0.3 is 14.2 Å². The maximum absolute atomic E-state index is 12.0. The van der Waals surface area contributed by atoms with E-state index in [9.17, 15) is 9.59 Å². The largest absolute Gasteiger partial charge is 0.467 e. The van der Waals surface area contributed by atoms with E-state index in [1.165, 1.54) is 6.07 Å². The Kier molecular flexibility index (Phi) is 3.78. The van der Waals surface area contributed by atoms with E-state index in [0.717, 1.165) is 10.9 Å². The summed E-state index contributed by atoms with van der Waals surface area (Å²) in [6, 6.07) is 10.5. The van der Waals surface area contributed by atoms with Crippen molar-refractivity contribution in [2.24, 2.45) is 0 Å². The zero-order valence-corrected chi connectivity index (χ0v) is 12.1. The molecule has 5 heteroatoms. The third-order valence-corrected chi connectivity index (χ3v) is 3.38. The summed E-state index contributed by atoms with van der Waals surface area (Å²) in [4.78, 5) is 23.7. The monoisotopic (exact) mass is 297 g/mol. The molecule has 5 nitrogen and oxygen atoms in total. The van der Waals surface area contributed by atoms with Crippen molar-refractivity contribution in [1.82, 2.24) is 5.32 Å². The van der Waals surface area contributed by atoms with Crippen LogP contribution in [-0.2, 0) is 17.8 Å². The highest BCUT2D eigenvalue weighted by atomic mass is 16.4. The van der Waals surface area contributed by atoms with Crippen LogP contribution in [0.4, 0.5) is 0 Å². The minimum atomic E-state index is -0.452. The summed E-state index contributed by atoms with van der Waals surface area (Å²) in [5, 5.41) is 3.54. The Balaban J connectivity index is 1.81. The molecule has 0 fully saturated rings. The summed E-state index contributed by atoms with van der Waals surface area (Å²) in [5.41, 5.74) is 1.70. The first-order valence-electron chi connectivity index (χ1n) is 6.94. The molecule has 112 valence electrons. The van der Waals surface area contributed by atoms with E-state index in [1.54, 1.807) is 24.5 Å². The quantitative estimate of drug-likeness (QED) is 0.751. The van der Waals surface area contributed by atoms with Crippen LogP contribution >= 0.6 is 0 Å². The van der Waals surface area contributed by atoms with Crippen LogP contribution in [0.5, 0.6) is 0 Å². The van der Waals surface area contributed by atoms with E-state index in [-0.39, 0.29) is 12.3 Å². The Bertz CT molecular complexity index is 862. The van der Waals surface area contributed by atoms with E-state index < -0.39 is 5.63 Å². The van der Waals surface area contributed by atoms with Crippen LogP contribution in [0.3, 0.4) is 0 Å². The van der Waals surface area contributed by atoms with Crippen molar-refractivity contribution in [3.63, 3.8) is 0 Å². The maximum atomic E-state index is 12.0. The maximum Gasteiger partial charge on any atom is 0.336 e. The van der Waals surface area contributed by atoms with Gasteiger partial charge >= 0.3 is 5.63 Å². The second-order valence-corrected chi connectivity index (χ2v) is 5.12. The number of nitrogens with one attached hydrogen (secondary N) is 1. The summed E-state index contributed by atoms with van der Waals surface area (Å²) >= 11 is 0. The number of carbonyl (C=O) groups excluding carboxylic acids is 1. The summed E-state index contributed by atoms with van der Waals surface area (Å²) in [6.45, 7) is 2.24. The van der Waals surface area contributed by atoms with Crippen molar-refractivity contribution >= 4 is 16.9 Å². The SMILES string of the molecule is Cc1ccc2c(CC(=O)NCc3ccco3)cc(=O)oc2c1. The average Bonchev–Trinajstić information content (AvgIpc) is 2.97. The molecule has 0 radical (unpaired) electrons. The van der Waals surface area contributed by atoms with E-state index in [2.05, 4.69) is 5.32 Å². The number of hydrogen-bond acceptors (Lipinski definition) is 4. The Morgan fingerprint density at radius 3 is 2.86 bits per heavy atom. The van der Waals surface area contributed by atoms with Gasteiger partial charge in [-0.15, -0.1) is 0 Å². The molecule has 0 aliphatic heterocycles. The predicted octanol–water partition coefficient (Wildman–Crippen LogP) is 2.55. The van der Waals surface area contributed by atoms with Crippen molar-refractivity contribution in [2.75, 3.05) is 0 Å². The fourth-order valence-corrected chi connectivity index (χ4v) is 2.32. The molecule has 2 aromatic heterocycles. The first kappa shape index (κ1) is 14.1. The molecule has 0 bridgehead atoms. The lowest BCUT2D eigenvalue weighted by molar-refractivity contribution is -0.120. The van der Waals surface area contributed by atoms with Crippen LogP contribution in [-0.4, -0.2) is 5.91 Å². The predicted molar refractivity (Wildman–Crippen MR) is 81.5 cm³/mol. The number of rotatable bonds is 4. The second-order valence-electron chi connectivity index (χ2n) is 5.12. The number of furan rings is 1. The lowest BCUT2D eigenvalue weighted by Gasteiger charge is -2.06. The number of benzene rings is 1. The fraction of sp³-hybridized carbons (Fsp3) is 0.176. The zero-order chi connectivity index (χ0) is 15.5. The van der Waals surface area contributed by atoms with E-state index in [4.69, 9.17) is 8.83 Å². The number of hydrogen-bond donors (Lipinski definition) is 1. The Morgan fingerprint density at radius 1 is 1.23 bits per heavy atom. The molecule has 3 aromatic rings. The van der Waals surface area contributed by atoms with Crippen LogP contribution in [0.25, 0.3) is 11.0 Å². The molecule has 1 amide bonds. The molecule has 0 saturated carbocycles. The van der Waals surface area contributed by atoms with Gasteiger partial charge in [0.05, 0.1) is 19.2 Å². The summed E-state index contributed by atoms with van der Waals surface area (Å²) in [6.07, 6.45) is 1.67. The van der Waals surface area contributed by atoms with Gasteiger partial charge in [-0.05, 0) is 36.2 Å². The second kappa shape index (κ2) is 5.89. The van der Waals surface area contributed by atoms with Crippen LogP contribution in [0.1, 0.15) is 16.9 Å². The first-order valence-corrected chi connectivity index (χ1v) is 6.94. The van der Waals surface area contributed by atoms with Gasteiger partial charge in [0.1, 0.15) is 11.3 Å². The Morgan fingerprint density at radius 2 is 2.09 bits per heavy atom. The molecular weight excluding hydrogens is 282 g/mol. The Labute approximate surface area is 126 Å². The van der Waals surface area contributed by atoms with Gasteiger partial charge in [-0.3, -0.25) is 4.79 Å². The molecule has 0 aliphatic carbocycles. The van der Waals surface area contributed by atoms with Gasteiger partial charge in [0.15, 0.2) is 0 Å². The molecule has 0 atom stereocenters. The summed E-state index contributed by atoms with van der Waals surface area (Å²) in [7, 11) is 0. The van der Waals surface area contributed by atoms with E-state index in [1.807, 2.05) is 19.1 Å². The average molecular weight is 297 g/mol. The number of carbonyl (C=O) groups is 1. The highest BCUT2D eigenvalue weighted by Crippen LogP contribution is 2.18. The van der Waals surface area contributed by atoms with Gasteiger partial charge in [0, 0.05) is 11.5 Å². The highest BCUT2D eigenvalue weighted by molar-refractivity contribution is 5.87. The van der Waals surface area contributed by atoms with Crippen molar-refractivity contribution in [3.05, 3.63) is 70.0 Å². The van der Waals surface area contributed by atoms with Crippen LogP contribution < -0.4 is 10.9 Å². The molecule has 0 spiro atoms. The van der Waals surface area contributed by atoms with Gasteiger partial charge in [-0.1, -0.05) is 12.1 Å². The topological polar surface area (TPSA) is 72.5 Å². The lowest BCUT2D eigenvalue weighted by Crippen LogP contribution is -2.24. The minimum absolute atomic E-state index is 0.117. The first-order chi connectivity index (χ1) is 10.6. The van der Waals surface area contributed by atoms with Crippen LogP contribution in [0.2, 0.25) is 0 Å². The molecule has 0 unspecified atom stereocenters. The fourth-order valence-electron chi connectivity index (χ4n) is 2.32. The Hall–Kier alpha value is -2.82. The van der Waals surface area contributed by atoms with Crippen molar-refractivity contribution in [3.8, 4) is 0 Å². The van der Waals surface area contributed by atoms with Crippen LogP contribution in [0.15, 0.2) is 56.3 Å². The highest BCUT2D eigenvalue weighted by Gasteiger charge is 2.10. The van der Waals surface area contributed by atoms with Crippen molar-refractivity contribution < 1.29 is 13.6 Å². The van der Waals surface area contributed by atoms with E-state index >= 15 is 0 Å². The van der Waals surface area contributed by atoms with Crippen molar-refractivity contribution in [1.29, 1.82) is 0 Å². The van der Waals surface area contributed by atoms with Crippen molar-refractivity contribution in [2.45, 2.75) is 19.9 Å².